The van der Waals surface area contributed by atoms with E-state index in [1.54, 1.807) is 25.1 Å². The van der Waals surface area contributed by atoms with Gasteiger partial charge in [-0.1, -0.05) is 27.5 Å². The van der Waals surface area contributed by atoms with Crippen molar-refractivity contribution in [2.45, 2.75) is 6.92 Å². The van der Waals surface area contributed by atoms with Gasteiger partial charge in [-0.05, 0) is 24.6 Å². The summed E-state index contributed by atoms with van der Waals surface area (Å²) in [6.45, 7) is 1.83. The number of carbonyl (C=O) groups excluding carboxylic acids is 1. The molecule has 0 fully saturated rings. The third-order valence-electron chi connectivity index (χ3n) is 1.87. The maximum atomic E-state index is 11.8. The largest absolute Gasteiger partial charge is 0.369 e. The Kier molecular flexibility index (Phi) is 4.50. The number of carbonyl (C=O) groups is 1. The number of halogens is 2. The highest BCUT2D eigenvalue weighted by atomic mass is 79.9. The van der Waals surface area contributed by atoms with Crippen molar-refractivity contribution in [1.29, 1.82) is 0 Å². The molecule has 0 radical (unpaired) electrons. The zero-order valence-electron chi connectivity index (χ0n) is 9.29. The van der Waals surface area contributed by atoms with Gasteiger partial charge in [0.25, 0.3) is 5.91 Å². The Hall–Kier alpha value is -0.870. The van der Waals surface area contributed by atoms with Crippen LogP contribution in [0.15, 0.2) is 21.6 Å². The average Bonchev–Trinajstić information content (AvgIpc) is 2.12. The summed E-state index contributed by atoms with van der Waals surface area (Å²) < 4.78 is 0.850. The molecule has 0 heterocycles. The first kappa shape index (κ1) is 13.2. The van der Waals surface area contributed by atoms with Gasteiger partial charge in [-0.25, -0.2) is 0 Å². The van der Waals surface area contributed by atoms with Gasteiger partial charge < -0.3 is 4.90 Å². The predicted octanol–water partition coefficient (Wildman–Crippen LogP) is 3.14. The van der Waals surface area contributed by atoms with Crippen LogP contribution in [0.1, 0.15) is 15.9 Å². The van der Waals surface area contributed by atoms with Crippen LogP contribution in [0.4, 0.5) is 0 Å². The summed E-state index contributed by atoms with van der Waals surface area (Å²) in [6, 6.07) is 3.53. The average molecular weight is 304 g/mol. The lowest BCUT2D eigenvalue weighted by Gasteiger charge is -2.06. The summed E-state index contributed by atoms with van der Waals surface area (Å²) >= 11 is 9.32. The Morgan fingerprint density at radius 3 is 2.62 bits per heavy atom. The summed E-state index contributed by atoms with van der Waals surface area (Å²) in [5.41, 5.74) is 1.25. The maximum Gasteiger partial charge on any atom is 0.280 e. The van der Waals surface area contributed by atoms with E-state index >= 15 is 0 Å². The Balaban J connectivity index is 3.09. The highest BCUT2D eigenvalue weighted by molar-refractivity contribution is 9.10. The molecule has 0 atom stereocenters. The van der Waals surface area contributed by atoms with E-state index in [-0.39, 0.29) is 5.91 Å². The molecule has 1 aromatic carbocycles. The van der Waals surface area contributed by atoms with Gasteiger partial charge in [-0.3, -0.25) is 4.79 Å². The lowest BCUT2D eigenvalue weighted by molar-refractivity contribution is 0.100. The molecular formula is C11H12BrClN2O. The SMILES string of the molecule is Cc1cc(Br)cc(Cl)c1C(=O)/N=C/N(C)C. The topological polar surface area (TPSA) is 32.7 Å². The summed E-state index contributed by atoms with van der Waals surface area (Å²) in [4.78, 5) is 17.3. The number of hydrogen-bond acceptors (Lipinski definition) is 1. The molecule has 0 unspecified atom stereocenters. The predicted molar refractivity (Wildman–Crippen MR) is 70.4 cm³/mol. The van der Waals surface area contributed by atoms with E-state index in [9.17, 15) is 4.79 Å². The molecule has 0 saturated carbocycles. The molecule has 0 aliphatic heterocycles. The molecule has 0 aliphatic carbocycles. The smallest absolute Gasteiger partial charge is 0.280 e. The molecule has 5 heteroatoms. The monoisotopic (exact) mass is 302 g/mol. The summed E-state index contributed by atoms with van der Waals surface area (Å²) in [5, 5.41) is 0.410. The van der Waals surface area contributed by atoms with Crippen molar-refractivity contribution >= 4 is 39.8 Å². The summed E-state index contributed by atoms with van der Waals surface area (Å²) in [7, 11) is 3.60. The van der Waals surface area contributed by atoms with Crippen LogP contribution in [-0.2, 0) is 0 Å². The van der Waals surface area contributed by atoms with E-state index in [4.69, 9.17) is 11.6 Å². The van der Waals surface area contributed by atoms with Crippen molar-refractivity contribution in [3.05, 3.63) is 32.8 Å². The number of benzene rings is 1. The van der Waals surface area contributed by atoms with Crippen LogP contribution in [0.3, 0.4) is 0 Å². The van der Waals surface area contributed by atoms with E-state index in [0.717, 1.165) is 10.0 Å². The van der Waals surface area contributed by atoms with Crippen LogP contribution in [0.25, 0.3) is 0 Å². The lowest BCUT2D eigenvalue weighted by atomic mass is 10.1. The van der Waals surface area contributed by atoms with Crippen LogP contribution in [0.2, 0.25) is 5.02 Å². The van der Waals surface area contributed by atoms with E-state index < -0.39 is 0 Å². The molecule has 0 N–H and O–H groups in total. The first-order valence-corrected chi connectivity index (χ1v) is 5.79. The molecule has 0 aromatic heterocycles. The minimum Gasteiger partial charge on any atom is -0.369 e. The van der Waals surface area contributed by atoms with Crippen molar-refractivity contribution in [1.82, 2.24) is 4.90 Å². The molecule has 3 nitrogen and oxygen atoms in total. The number of nitrogens with zero attached hydrogens (tertiary/aromatic N) is 2. The van der Waals surface area contributed by atoms with Crippen LogP contribution >= 0.6 is 27.5 Å². The van der Waals surface area contributed by atoms with E-state index in [1.807, 2.05) is 13.0 Å². The molecular weight excluding hydrogens is 291 g/mol. The van der Waals surface area contributed by atoms with Gasteiger partial charge in [0.2, 0.25) is 0 Å². The van der Waals surface area contributed by atoms with Crippen molar-refractivity contribution in [3.63, 3.8) is 0 Å². The second kappa shape index (κ2) is 5.46. The first-order chi connectivity index (χ1) is 7.41. The first-order valence-electron chi connectivity index (χ1n) is 4.62. The quantitative estimate of drug-likeness (QED) is 0.621. The van der Waals surface area contributed by atoms with Crippen LogP contribution < -0.4 is 0 Å². The van der Waals surface area contributed by atoms with Crippen molar-refractivity contribution < 1.29 is 4.79 Å². The number of hydrogen-bond donors (Lipinski definition) is 0. The molecule has 1 rings (SSSR count). The van der Waals surface area contributed by atoms with Gasteiger partial charge in [0.05, 0.1) is 16.9 Å². The zero-order valence-corrected chi connectivity index (χ0v) is 11.6. The zero-order chi connectivity index (χ0) is 12.3. The number of rotatable bonds is 2. The summed E-state index contributed by atoms with van der Waals surface area (Å²) in [5.74, 6) is -0.330. The molecule has 16 heavy (non-hydrogen) atoms. The third kappa shape index (κ3) is 3.32. The van der Waals surface area contributed by atoms with Crippen molar-refractivity contribution in [3.8, 4) is 0 Å². The standard InChI is InChI=1S/C11H12BrClN2O/c1-7-4-8(12)5-9(13)10(7)11(16)14-6-15(2)3/h4-6H,1-3H3/b14-6+. The van der Waals surface area contributed by atoms with Gasteiger partial charge in [-0.2, -0.15) is 4.99 Å². The molecule has 1 aromatic rings. The number of aryl methyl sites for hydroxylation is 1. The van der Waals surface area contributed by atoms with Crippen LogP contribution in [0, 0.1) is 6.92 Å². The highest BCUT2D eigenvalue weighted by Gasteiger charge is 2.13. The minimum absolute atomic E-state index is 0.330. The second-order valence-corrected chi connectivity index (χ2v) is 4.92. The Morgan fingerprint density at radius 1 is 1.50 bits per heavy atom. The van der Waals surface area contributed by atoms with Gasteiger partial charge in [0, 0.05) is 18.6 Å². The molecule has 0 aliphatic rings. The Labute approximate surface area is 108 Å². The molecule has 86 valence electrons. The van der Waals surface area contributed by atoms with E-state index in [2.05, 4.69) is 20.9 Å². The van der Waals surface area contributed by atoms with Crippen LogP contribution in [-0.4, -0.2) is 31.2 Å². The van der Waals surface area contributed by atoms with Crippen LogP contribution in [0.5, 0.6) is 0 Å². The summed E-state index contributed by atoms with van der Waals surface area (Å²) in [6.07, 6.45) is 1.46. The normalized spacial score (nSPS) is 10.8. The highest BCUT2D eigenvalue weighted by Crippen LogP contribution is 2.25. The third-order valence-corrected chi connectivity index (χ3v) is 2.63. The molecule has 1 amide bonds. The maximum absolute atomic E-state index is 11.8. The fraction of sp³-hybridized carbons (Fsp3) is 0.273. The Morgan fingerprint density at radius 2 is 2.12 bits per heavy atom. The second-order valence-electron chi connectivity index (χ2n) is 3.59. The van der Waals surface area contributed by atoms with E-state index in [0.29, 0.717) is 10.6 Å². The fourth-order valence-electron chi connectivity index (χ4n) is 1.21. The number of aliphatic imine (C=N–C) groups is 1. The van der Waals surface area contributed by atoms with Crippen molar-refractivity contribution in [2.75, 3.05) is 14.1 Å². The Bertz CT molecular complexity index is 421. The fourth-order valence-corrected chi connectivity index (χ4v) is 2.26. The lowest BCUT2D eigenvalue weighted by Crippen LogP contribution is -2.10. The van der Waals surface area contributed by atoms with Gasteiger partial charge in [0.1, 0.15) is 0 Å². The van der Waals surface area contributed by atoms with Crippen molar-refractivity contribution in [2.24, 2.45) is 4.99 Å². The number of amides is 1. The minimum atomic E-state index is -0.330. The molecule has 0 spiro atoms. The van der Waals surface area contributed by atoms with Gasteiger partial charge >= 0.3 is 0 Å². The van der Waals surface area contributed by atoms with Gasteiger partial charge in [0.15, 0.2) is 0 Å². The molecule has 0 saturated heterocycles. The van der Waals surface area contributed by atoms with E-state index in [1.165, 1.54) is 6.34 Å². The van der Waals surface area contributed by atoms with Gasteiger partial charge in [-0.15, -0.1) is 0 Å². The molecule has 0 bridgehead atoms.